The van der Waals surface area contributed by atoms with Crippen LogP contribution in [0.2, 0.25) is 0 Å². The number of carbonyl (C=O) groups excluding carboxylic acids is 2. The van der Waals surface area contributed by atoms with Gasteiger partial charge in [0.1, 0.15) is 0 Å². The highest BCUT2D eigenvalue weighted by Crippen LogP contribution is 2.22. The largest absolute Gasteiger partial charge is 0.352 e. The summed E-state index contributed by atoms with van der Waals surface area (Å²) in [4.78, 5) is 25.3. The number of urea groups is 1. The first-order valence-electron chi connectivity index (χ1n) is 7.70. The molecule has 0 bridgehead atoms. The fourth-order valence-electron chi connectivity index (χ4n) is 3.21. The Kier molecular flexibility index (Phi) is 5.64. The van der Waals surface area contributed by atoms with Crippen molar-refractivity contribution in [2.24, 2.45) is 11.7 Å². The van der Waals surface area contributed by atoms with Crippen LogP contribution in [0, 0.1) is 5.92 Å². The van der Waals surface area contributed by atoms with Crippen molar-refractivity contribution in [2.75, 3.05) is 26.2 Å². The Morgan fingerprint density at radius 3 is 2.65 bits per heavy atom. The van der Waals surface area contributed by atoms with Crippen molar-refractivity contribution in [1.82, 2.24) is 15.5 Å². The lowest BCUT2D eigenvalue weighted by Gasteiger charge is -2.37. The number of rotatable bonds is 4. The first kappa shape index (κ1) is 15.1. The maximum atomic E-state index is 12.5. The summed E-state index contributed by atoms with van der Waals surface area (Å²) in [7, 11) is 0. The van der Waals surface area contributed by atoms with Gasteiger partial charge in [-0.25, -0.2) is 4.79 Å². The smallest absolute Gasteiger partial charge is 0.312 e. The molecule has 0 aromatic rings. The molecule has 2 fully saturated rings. The van der Waals surface area contributed by atoms with Gasteiger partial charge < -0.3 is 21.3 Å². The highest BCUT2D eigenvalue weighted by Gasteiger charge is 2.28. The van der Waals surface area contributed by atoms with Crippen LogP contribution in [-0.2, 0) is 4.79 Å². The van der Waals surface area contributed by atoms with Crippen molar-refractivity contribution < 1.29 is 9.59 Å². The number of nitrogens with one attached hydrogen (secondary N) is 2. The molecule has 0 radical (unpaired) electrons. The van der Waals surface area contributed by atoms with E-state index in [2.05, 4.69) is 10.6 Å². The molecular formula is C14H26N4O2. The molecule has 0 saturated carbocycles. The van der Waals surface area contributed by atoms with Gasteiger partial charge >= 0.3 is 6.03 Å². The standard InChI is InChI=1S/C14H26N4O2/c15-14(20)17-10-12-3-1-2-8-18(12)13(19)9-11-4-6-16-7-5-11/h11-12,16H,1-10H2,(H3,15,17,20)/t12-/m0/s1. The Balaban J connectivity index is 1.85. The van der Waals surface area contributed by atoms with Crippen molar-refractivity contribution in [3.63, 3.8) is 0 Å². The average molecular weight is 282 g/mol. The number of hydrogen-bond acceptors (Lipinski definition) is 3. The molecule has 4 N–H and O–H groups in total. The minimum Gasteiger partial charge on any atom is -0.352 e. The molecule has 0 aliphatic carbocycles. The second-order valence-corrected chi connectivity index (χ2v) is 5.88. The summed E-state index contributed by atoms with van der Waals surface area (Å²) in [6, 6.07) is -0.396. The second-order valence-electron chi connectivity index (χ2n) is 5.88. The molecule has 2 aliphatic heterocycles. The van der Waals surface area contributed by atoms with Gasteiger partial charge in [-0.1, -0.05) is 0 Å². The van der Waals surface area contributed by atoms with E-state index in [4.69, 9.17) is 5.73 Å². The molecule has 2 aliphatic rings. The highest BCUT2D eigenvalue weighted by molar-refractivity contribution is 5.77. The molecule has 2 heterocycles. The van der Waals surface area contributed by atoms with Crippen molar-refractivity contribution in [2.45, 2.75) is 44.6 Å². The van der Waals surface area contributed by atoms with E-state index < -0.39 is 6.03 Å². The van der Waals surface area contributed by atoms with Gasteiger partial charge in [-0.15, -0.1) is 0 Å². The number of nitrogens with two attached hydrogens (primary N) is 1. The Bertz CT molecular complexity index is 342. The molecule has 2 rings (SSSR count). The monoisotopic (exact) mass is 282 g/mol. The maximum absolute atomic E-state index is 12.5. The maximum Gasteiger partial charge on any atom is 0.312 e. The Morgan fingerprint density at radius 2 is 1.95 bits per heavy atom. The summed E-state index contributed by atoms with van der Waals surface area (Å²) in [5, 5.41) is 5.96. The molecule has 6 heteroatoms. The van der Waals surface area contributed by atoms with E-state index in [1.807, 2.05) is 4.90 Å². The quantitative estimate of drug-likeness (QED) is 0.698. The number of amides is 3. The summed E-state index contributed by atoms with van der Waals surface area (Å²) >= 11 is 0. The third-order valence-electron chi connectivity index (χ3n) is 4.38. The molecule has 0 aromatic heterocycles. The van der Waals surface area contributed by atoms with Crippen LogP contribution in [0.5, 0.6) is 0 Å². The van der Waals surface area contributed by atoms with Gasteiger partial charge in [0.2, 0.25) is 5.91 Å². The Morgan fingerprint density at radius 1 is 1.20 bits per heavy atom. The van der Waals surface area contributed by atoms with Crippen LogP contribution < -0.4 is 16.4 Å². The molecule has 3 amide bonds. The summed E-state index contributed by atoms with van der Waals surface area (Å²) in [6.45, 7) is 3.33. The predicted octanol–water partition coefficient (Wildman–Crippen LogP) is 0.426. The van der Waals surface area contributed by atoms with E-state index in [0.717, 1.165) is 51.7 Å². The van der Waals surface area contributed by atoms with Gasteiger partial charge in [-0.3, -0.25) is 4.79 Å². The number of nitrogens with zero attached hydrogens (tertiary/aromatic N) is 1. The molecule has 6 nitrogen and oxygen atoms in total. The third kappa shape index (κ3) is 4.37. The van der Waals surface area contributed by atoms with E-state index >= 15 is 0 Å². The van der Waals surface area contributed by atoms with Crippen LogP contribution in [0.3, 0.4) is 0 Å². The summed E-state index contributed by atoms with van der Waals surface area (Å²) < 4.78 is 0. The topological polar surface area (TPSA) is 87.5 Å². The number of likely N-dealkylation sites (tertiary alicyclic amines) is 1. The van der Waals surface area contributed by atoms with Gasteiger partial charge in [0.25, 0.3) is 0 Å². The minimum absolute atomic E-state index is 0.116. The van der Waals surface area contributed by atoms with Crippen molar-refractivity contribution >= 4 is 11.9 Å². The van der Waals surface area contributed by atoms with Gasteiger partial charge in [0, 0.05) is 25.6 Å². The molecule has 0 unspecified atom stereocenters. The highest BCUT2D eigenvalue weighted by atomic mass is 16.2. The van der Waals surface area contributed by atoms with Crippen molar-refractivity contribution in [1.29, 1.82) is 0 Å². The lowest BCUT2D eigenvalue weighted by atomic mass is 9.93. The van der Waals surface area contributed by atoms with E-state index in [0.29, 0.717) is 18.9 Å². The predicted molar refractivity (Wildman–Crippen MR) is 77.1 cm³/mol. The van der Waals surface area contributed by atoms with Gasteiger partial charge in [0.15, 0.2) is 0 Å². The average Bonchev–Trinajstić information content (AvgIpc) is 2.46. The van der Waals surface area contributed by atoms with Crippen LogP contribution in [0.4, 0.5) is 4.79 Å². The Hall–Kier alpha value is -1.30. The lowest BCUT2D eigenvalue weighted by Crippen LogP contribution is -2.50. The molecule has 2 saturated heterocycles. The SMILES string of the molecule is NC(=O)NC[C@@H]1CCCCN1C(=O)CC1CCNCC1. The van der Waals surface area contributed by atoms with E-state index in [-0.39, 0.29) is 11.9 Å². The number of piperidine rings is 2. The summed E-state index contributed by atoms with van der Waals surface area (Å²) in [5.74, 6) is 0.753. The number of primary amides is 1. The first-order valence-corrected chi connectivity index (χ1v) is 7.70. The van der Waals surface area contributed by atoms with Crippen LogP contribution >= 0.6 is 0 Å². The number of hydrogen-bond donors (Lipinski definition) is 3. The fourth-order valence-corrected chi connectivity index (χ4v) is 3.21. The summed E-state index contributed by atoms with van der Waals surface area (Å²) in [6.07, 6.45) is 5.95. The molecule has 1 atom stereocenters. The Labute approximate surface area is 120 Å². The molecule has 20 heavy (non-hydrogen) atoms. The van der Waals surface area contributed by atoms with E-state index in [9.17, 15) is 9.59 Å². The van der Waals surface area contributed by atoms with E-state index in [1.54, 1.807) is 0 Å². The molecular weight excluding hydrogens is 256 g/mol. The fraction of sp³-hybridized carbons (Fsp3) is 0.857. The summed E-state index contributed by atoms with van der Waals surface area (Å²) in [5.41, 5.74) is 5.12. The zero-order chi connectivity index (χ0) is 14.4. The van der Waals surface area contributed by atoms with Crippen LogP contribution in [-0.4, -0.2) is 49.1 Å². The lowest BCUT2D eigenvalue weighted by molar-refractivity contribution is -0.136. The first-order chi connectivity index (χ1) is 9.66. The van der Waals surface area contributed by atoms with Crippen molar-refractivity contribution in [3.05, 3.63) is 0 Å². The molecule has 114 valence electrons. The minimum atomic E-state index is -0.513. The third-order valence-corrected chi connectivity index (χ3v) is 4.38. The van der Waals surface area contributed by atoms with Crippen LogP contribution in [0.1, 0.15) is 38.5 Å². The molecule has 0 spiro atoms. The van der Waals surface area contributed by atoms with Gasteiger partial charge in [-0.2, -0.15) is 0 Å². The van der Waals surface area contributed by atoms with Gasteiger partial charge in [-0.05, 0) is 51.1 Å². The second kappa shape index (κ2) is 7.47. The van der Waals surface area contributed by atoms with Crippen LogP contribution in [0.25, 0.3) is 0 Å². The zero-order valence-electron chi connectivity index (χ0n) is 12.1. The van der Waals surface area contributed by atoms with Crippen LogP contribution in [0.15, 0.2) is 0 Å². The zero-order valence-corrected chi connectivity index (χ0v) is 12.1. The van der Waals surface area contributed by atoms with Gasteiger partial charge in [0.05, 0.1) is 0 Å². The molecule has 0 aromatic carbocycles. The van der Waals surface area contributed by atoms with Crippen molar-refractivity contribution in [3.8, 4) is 0 Å². The number of carbonyl (C=O) groups is 2. The normalized spacial score (nSPS) is 24.4. The van der Waals surface area contributed by atoms with E-state index in [1.165, 1.54) is 0 Å².